The third-order valence-electron chi connectivity index (χ3n) is 1.33. The molecule has 1 aliphatic heterocycles. The number of amides is 1. The Morgan fingerprint density at radius 2 is 2.27 bits per heavy atom. The summed E-state index contributed by atoms with van der Waals surface area (Å²) in [6.07, 6.45) is -0.581. The Bertz CT molecular complexity index is 324. The van der Waals surface area contributed by atoms with Crippen LogP contribution < -0.4 is 10.1 Å². The van der Waals surface area contributed by atoms with Gasteiger partial charge < -0.3 is 4.74 Å². The number of rotatable bonds is 0. The van der Waals surface area contributed by atoms with Crippen LogP contribution in [0.1, 0.15) is 0 Å². The number of hydrogen-bond acceptors (Lipinski definition) is 2. The first-order valence-electron chi connectivity index (χ1n) is 2.99. The molecule has 1 amide bonds. The lowest BCUT2D eigenvalue weighted by molar-refractivity contribution is 0.211. The molecule has 0 aliphatic carbocycles. The number of benzene rings is 1. The molecule has 1 aromatic carbocycles. The maximum atomic E-state index is 10.6. The molecule has 0 N–H and O–H groups in total. The minimum Gasteiger partial charge on any atom is -0.406 e. The molecular formula is C7H3ClNO2. The Morgan fingerprint density at radius 1 is 1.45 bits per heavy atom. The zero-order valence-corrected chi connectivity index (χ0v) is 6.13. The Labute approximate surface area is 67.9 Å². The standard InChI is InChI=1S/C7H3ClNO2/c8-4-1-2-6-5(3-4)9-7(10)11-6/h1-3H. The zero-order valence-electron chi connectivity index (χ0n) is 5.37. The van der Waals surface area contributed by atoms with Crippen LogP contribution in [-0.2, 0) is 0 Å². The normalized spacial score (nSPS) is 13.7. The maximum absolute atomic E-state index is 10.6. The van der Waals surface area contributed by atoms with Crippen LogP contribution in [0.3, 0.4) is 0 Å². The summed E-state index contributed by atoms with van der Waals surface area (Å²) >= 11 is 5.64. The van der Waals surface area contributed by atoms with E-state index >= 15 is 0 Å². The third-order valence-corrected chi connectivity index (χ3v) is 1.57. The van der Waals surface area contributed by atoms with Crippen molar-refractivity contribution in [2.24, 2.45) is 0 Å². The molecule has 1 aliphatic rings. The van der Waals surface area contributed by atoms with E-state index in [0.29, 0.717) is 16.5 Å². The molecular weight excluding hydrogens is 166 g/mol. The Hall–Kier alpha value is -1.22. The van der Waals surface area contributed by atoms with Crippen LogP contribution in [0.4, 0.5) is 10.5 Å². The van der Waals surface area contributed by atoms with E-state index < -0.39 is 6.09 Å². The largest absolute Gasteiger partial charge is 0.439 e. The van der Waals surface area contributed by atoms with E-state index in [2.05, 4.69) is 5.32 Å². The van der Waals surface area contributed by atoms with Gasteiger partial charge in [0.05, 0.1) is 0 Å². The maximum Gasteiger partial charge on any atom is 0.439 e. The Balaban J connectivity index is 2.51. The van der Waals surface area contributed by atoms with Crippen molar-refractivity contribution < 1.29 is 9.53 Å². The molecule has 1 heterocycles. The summed E-state index contributed by atoms with van der Waals surface area (Å²) in [4.78, 5) is 10.6. The highest BCUT2D eigenvalue weighted by Gasteiger charge is 2.21. The van der Waals surface area contributed by atoms with Gasteiger partial charge in [-0.1, -0.05) is 11.6 Å². The number of hydrogen-bond donors (Lipinski definition) is 0. The molecule has 1 aromatic rings. The van der Waals surface area contributed by atoms with Gasteiger partial charge in [0.25, 0.3) is 0 Å². The highest BCUT2D eigenvalue weighted by atomic mass is 35.5. The quantitative estimate of drug-likeness (QED) is 0.595. The number of fused-ring (bicyclic) bond motifs is 1. The van der Waals surface area contributed by atoms with E-state index in [0.717, 1.165) is 0 Å². The third kappa shape index (κ3) is 1.03. The van der Waals surface area contributed by atoms with Crippen LogP contribution in [0.2, 0.25) is 5.02 Å². The van der Waals surface area contributed by atoms with Crippen molar-refractivity contribution in [1.82, 2.24) is 5.32 Å². The van der Waals surface area contributed by atoms with E-state index in [4.69, 9.17) is 16.3 Å². The summed E-state index contributed by atoms with van der Waals surface area (Å²) in [5, 5.41) is 4.11. The summed E-state index contributed by atoms with van der Waals surface area (Å²) in [7, 11) is 0. The number of ether oxygens (including phenoxy) is 1. The number of nitrogens with zero attached hydrogens (tertiary/aromatic N) is 1. The average molecular weight is 169 g/mol. The van der Waals surface area contributed by atoms with Gasteiger partial charge in [0.15, 0.2) is 5.75 Å². The lowest BCUT2D eigenvalue weighted by Crippen LogP contribution is -2.05. The summed E-state index contributed by atoms with van der Waals surface area (Å²) in [5.41, 5.74) is 0.502. The lowest BCUT2D eigenvalue weighted by atomic mass is 10.3. The van der Waals surface area contributed by atoms with Gasteiger partial charge in [0.1, 0.15) is 5.69 Å². The van der Waals surface area contributed by atoms with Gasteiger partial charge in [0.2, 0.25) is 0 Å². The van der Waals surface area contributed by atoms with Crippen LogP contribution in [0, 0.1) is 0 Å². The second kappa shape index (κ2) is 2.13. The molecule has 0 saturated heterocycles. The zero-order chi connectivity index (χ0) is 7.84. The summed E-state index contributed by atoms with van der Waals surface area (Å²) in [5.74, 6) is 0.472. The van der Waals surface area contributed by atoms with Crippen molar-refractivity contribution >= 4 is 23.4 Å². The molecule has 11 heavy (non-hydrogen) atoms. The first-order valence-corrected chi connectivity index (χ1v) is 3.36. The fraction of sp³-hybridized carbons (Fsp3) is 0. The van der Waals surface area contributed by atoms with Crippen LogP contribution in [-0.4, -0.2) is 6.09 Å². The van der Waals surface area contributed by atoms with Crippen LogP contribution >= 0.6 is 11.6 Å². The SMILES string of the molecule is O=C1[N]c2cc(Cl)ccc2O1. The molecule has 0 bridgehead atoms. The average Bonchev–Trinajstić information content (AvgIpc) is 2.27. The molecule has 3 nitrogen and oxygen atoms in total. The molecule has 0 fully saturated rings. The highest BCUT2D eigenvalue weighted by Crippen LogP contribution is 2.32. The predicted molar refractivity (Wildman–Crippen MR) is 39.3 cm³/mol. The van der Waals surface area contributed by atoms with Crippen LogP contribution in [0.5, 0.6) is 5.75 Å². The van der Waals surface area contributed by atoms with Crippen molar-refractivity contribution in [2.45, 2.75) is 0 Å². The van der Waals surface area contributed by atoms with Crippen molar-refractivity contribution in [1.29, 1.82) is 0 Å². The highest BCUT2D eigenvalue weighted by molar-refractivity contribution is 6.31. The second-order valence-electron chi connectivity index (χ2n) is 2.09. The van der Waals surface area contributed by atoms with Crippen molar-refractivity contribution in [3.8, 4) is 5.75 Å². The monoisotopic (exact) mass is 168 g/mol. The van der Waals surface area contributed by atoms with E-state index in [1.165, 1.54) is 0 Å². The van der Waals surface area contributed by atoms with Gasteiger partial charge in [-0.25, -0.2) is 4.79 Å². The molecule has 4 heteroatoms. The minimum atomic E-state index is -0.581. The second-order valence-corrected chi connectivity index (χ2v) is 2.53. The molecule has 0 unspecified atom stereocenters. The first kappa shape index (κ1) is 6.49. The smallest absolute Gasteiger partial charge is 0.406 e. The predicted octanol–water partition coefficient (Wildman–Crippen LogP) is 2.09. The molecule has 0 saturated carbocycles. The van der Waals surface area contributed by atoms with E-state index in [1.807, 2.05) is 0 Å². The molecule has 0 atom stereocenters. The van der Waals surface area contributed by atoms with Gasteiger partial charge in [-0.2, -0.15) is 5.32 Å². The van der Waals surface area contributed by atoms with Gasteiger partial charge in [0, 0.05) is 5.02 Å². The Morgan fingerprint density at radius 3 is 3.09 bits per heavy atom. The van der Waals surface area contributed by atoms with Gasteiger partial charge in [-0.15, -0.1) is 0 Å². The molecule has 55 valence electrons. The van der Waals surface area contributed by atoms with Gasteiger partial charge >= 0.3 is 6.09 Å². The van der Waals surface area contributed by atoms with E-state index in [1.54, 1.807) is 18.2 Å². The fourth-order valence-electron chi connectivity index (χ4n) is 0.879. The summed E-state index contributed by atoms with van der Waals surface area (Å²) in [6, 6.07) is 4.85. The fourth-order valence-corrected chi connectivity index (χ4v) is 1.05. The number of carbonyl (C=O) groups excluding carboxylic acids is 1. The van der Waals surface area contributed by atoms with Crippen molar-refractivity contribution in [2.75, 3.05) is 0 Å². The molecule has 0 spiro atoms. The van der Waals surface area contributed by atoms with Crippen molar-refractivity contribution in [3.63, 3.8) is 0 Å². The first-order chi connectivity index (χ1) is 5.25. The minimum absolute atomic E-state index is 0.472. The van der Waals surface area contributed by atoms with E-state index in [9.17, 15) is 4.79 Å². The van der Waals surface area contributed by atoms with Crippen LogP contribution in [0.25, 0.3) is 0 Å². The molecule has 2 rings (SSSR count). The number of carbonyl (C=O) groups is 1. The van der Waals surface area contributed by atoms with Crippen molar-refractivity contribution in [3.05, 3.63) is 23.2 Å². The van der Waals surface area contributed by atoms with Crippen LogP contribution in [0.15, 0.2) is 18.2 Å². The summed E-state index contributed by atoms with van der Waals surface area (Å²) < 4.78 is 4.70. The molecule has 0 aromatic heterocycles. The van der Waals surface area contributed by atoms with Gasteiger partial charge in [-0.3, -0.25) is 0 Å². The number of halogens is 1. The lowest BCUT2D eigenvalue weighted by Gasteiger charge is -1.92. The van der Waals surface area contributed by atoms with Gasteiger partial charge in [-0.05, 0) is 18.2 Å². The molecule has 1 radical (unpaired) electrons. The summed E-state index contributed by atoms with van der Waals surface area (Å²) in [6.45, 7) is 0. The van der Waals surface area contributed by atoms with E-state index in [-0.39, 0.29) is 0 Å². The Kier molecular flexibility index (Phi) is 1.26. The topological polar surface area (TPSA) is 40.4 Å².